The first-order chi connectivity index (χ1) is 9.29. The lowest BCUT2D eigenvalue weighted by atomic mass is 10.3. The van der Waals surface area contributed by atoms with Gasteiger partial charge in [-0.2, -0.15) is 0 Å². The molecular formula is C13H15N5O. The number of pyridine rings is 1. The number of nitrogens with zero attached hydrogens (tertiary/aromatic N) is 3. The lowest BCUT2D eigenvalue weighted by molar-refractivity contribution is 0.0945. The molecule has 0 aliphatic rings. The number of rotatable bonds is 5. The third kappa shape index (κ3) is 3.74. The molecule has 2 rings (SSSR count). The summed E-state index contributed by atoms with van der Waals surface area (Å²) in [6.45, 7) is 3.05. The Balaban J connectivity index is 1.98. The molecule has 0 aliphatic heterocycles. The maximum absolute atomic E-state index is 11.9. The Labute approximate surface area is 111 Å². The number of amides is 1. The van der Waals surface area contributed by atoms with Crippen molar-refractivity contribution >= 4 is 11.7 Å². The molecule has 0 saturated carbocycles. The average molecular weight is 257 g/mol. The van der Waals surface area contributed by atoms with Crippen molar-refractivity contribution in [2.75, 3.05) is 11.9 Å². The highest BCUT2D eigenvalue weighted by atomic mass is 16.1. The normalized spacial score (nSPS) is 9.95. The van der Waals surface area contributed by atoms with E-state index in [1.165, 1.54) is 6.20 Å². The molecule has 98 valence electrons. The summed E-state index contributed by atoms with van der Waals surface area (Å²) in [6, 6.07) is 5.55. The zero-order chi connectivity index (χ0) is 13.5. The van der Waals surface area contributed by atoms with Crippen molar-refractivity contribution in [3.05, 3.63) is 48.2 Å². The Morgan fingerprint density at radius 1 is 1.32 bits per heavy atom. The third-order valence-electron chi connectivity index (χ3n) is 2.38. The van der Waals surface area contributed by atoms with Gasteiger partial charge in [0.25, 0.3) is 5.91 Å². The quantitative estimate of drug-likeness (QED) is 0.842. The molecule has 2 heterocycles. The predicted octanol–water partition coefficient (Wildman–Crippen LogP) is 1.23. The highest BCUT2D eigenvalue weighted by Crippen LogP contribution is 2.02. The van der Waals surface area contributed by atoms with E-state index in [1.807, 2.05) is 25.1 Å². The molecule has 2 N–H and O–H groups in total. The summed E-state index contributed by atoms with van der Waals surface area (Å²) in [5.41, 5.74) is 1.08. The number of nitrogens with one attached hydrogen (secondary N) is 2. The van der Waals surface area contributed by atoms with Crippen molar-refractivity contribution in [2.24, 2.45) is 0 Å². The van der Waals surface area contributed by atoms with Crippen molar-refractivity contribution in [1.29, 1.82) is 0 Å². The van der Waals surface area contributed by atoms with Crippen LogP contribution in [0.25, 0.3) is 0 Å². The summed E-state index contributed by atoms with van der Waals surface area (Å²) in [4.78, 5) is 24.2. The molecule has 0 atom stereocenters. The molecule has 2 aromatic heterocycles. The second-order valence-electron chi connectivity index (χ2n) is 3.82. The minimum absolute atomic E-state index is 0.266. The van der Waals surface area contributed by atoms with Gasteiger partial charge in [-0.1, -0.05) is 6.07 Å². The van der Waals surface area contributed by atoms with Gasteiger partial charge in [0.15, 0.2) is 0 Å². The van der Waals surface area contributed by atoms with Gasteiger partial charge >= 0.3 is 0 Å². The van der Waals surface area contributed by atoms with Crippen molar-refractivity contribution in [3.8, 4) is 0 Å². The van der Waals surface area contributed by atoms with E-state index in [1.54, 1.807) is 12.4 Å². The van der Waals surface area contributed by atoms with Crippen LogP contribution in [0.1, 0.15) is 23.1 Å². The summed E-state index contributed by atoms with van der Waals surface area (Å²) in [5, 5.41) is 5.76. The monoisotopic (exact) mass is 257 g/mol. The van der Waals surface area contributed by atoms with Crippen LogP contribution in [0.3, 0.4) is 0 Å². The van der Waals surface area contributed by atoms with Gasteiger partial charge in [0.2, 0.25) is 0 Å². The first-order valence-corrected chi connectivity index (χ1v) is 6.03. The fraction of sp³-hybridized carbons (Fsp3) is 0.231. The number of anilines is 1. The molecule has 0 aliphatic carbocycles. The first-order valence-electron chi connectivity index (χ1n) is 6.03. The molecule has 0 unspecified atom stereocenters. The fourth-order valence-corrected chi connectivity index (χ4v) is 1.51. The Hall–Kier alpha value is -2.50. The highest BCUT2D eigenvalue weighted by molar-refractivity contribution is 5.92. The van der Waals surface area contributed by atoms with E-state index in [0.29, 0.717) is 12.4 Å². The molecule has 6 heteroatoms. The van der Waals surface area contributed by atoms with Gasteiger partial charge in [-0.3, -0.25) is 14.8 Å². The van der Waals surface area contributed by atoms with Crippen LogP contribution in [0.15, 0.2) is 36.8 Å². The Bertz CT molecular complexity index is 544. The molecule has 0 saturated heterocycles. The van der Waals surface area contributed by atoms with E-state index in [-0.39, 0.29) is 11.6 Å². The molecule has 0 bridgehead atoms. The van der Waals surface area contributed by atoms with Crippen LogP contribution in [0.4, 0.5) is 5.82 Å². The SMILES string of the molecule is CCNc1cncc(C(=O)NCc2ccccn2)n1. The standard InChI is InChI=1S/C13H15N5O/c1-2-15-12-9-14-8-11(18-12)13(19)17-7-10-5-3-4-6-16-10/h3-6,8-9H,2,7H2,1H3,(H,15,18)(H,17,19). The zero-order valence-electron chi connectivity index (χ0n) is 10.6. The minimum atomic E-state index is -0.266. The molecule has 2 aromatic rings. The largest absolute Gasteiger partial charge is 0.369 e. The molecule has 1 amide bonds. The highest BCUT2D eigenvalue weighted by Gasteiger charge is 2.08. The van der Waals surface area contributed by atoms with Gasteiger partial charge in [-0.05, 0) is 19.1 Å². The van der Waals surface area contributed by atoms with Crippen molar-refractivity contribution in [1.82, 2.24) is 20.3 Å². The Morgan fingerprint density at radius 2 is 2.21 bits per heavy atom. The van der Waals surface area contributed by atoms with Crippen LogP contribution >= 0.6 is 0 Å². The van der Waals surface area contributed by atoms with Crippen LogP contribution < -0.4 is 10.6 Å². The van der Waals surface area contributed by atoms with Crippen molar-refractivity contribution in [2.45, 2.75) is 13.5 Å². The molecule has 6 nitrogen and oxygen atoms in total. The van der Waals surface area contributed by atoms with Crippen LogP contribution in [-0.4, -0.2) is 27.4 Å². The van der Waals surface area contributed by atoms with E-state index in [0.717, 1.165) is 12.2 Å². The molecule has 19 heavy (non-hydrogen) atoms. The summed E-state index contributed by atoms with van der Waals surface area (Å²) in [5.74, 6) is 0.325. The second-order valence-corrected chi connectivity index (χ2v) is 3.82. The number of aromatic nitrogens is 3. The lowest BCUT2D eigenvalue weighted by Gasteiger charge is -2.06. The Kier molecular flexibility index (Phi) is 4.39. The summed E-state index contributed by atoms with van der Waals surface area (Å²) in [7, 11) is 0. The van der Waals surface area contributed by atoms with Crippen molar-refractivity contribution in [3.63, 3.8) is 0 Å². The summed E-state index contributed by atoms with van der Waals surface area (Å²) in [6.07, 6.45) is 4.71. The van der Waals surface area contributed by atoms with Crippen LogP contribution in [-0.2, 0) is 6.54 Å². The van der Waals surface area contributed by atoms with Crippen LogP contribution in [0.2, 0.25) is 0 Å². The molecule has 0 spiro atoms. The molecule has 0 aromatic carbocycles. The molecule has 0 fully saturated rings. The maximum Gasteiger partial charge on any atom is 0.271 e. The van der Waals surface area contributed by atoms with E-state index < -0.39 is 0 Å². The second kappa shape index (κ2) is 6.44. The van der Waals surface area contributed by atoms with Gasteiger partial charge in [0, 0.05) is 12.7 Å². The topological polar surface area (TPSA) is 79.8 Å². The van der Waals surface area contributed by atoms with E-state index in [9.17, 15) is 4.79 Å². The first kappa shape index (κ1) is 12.9. The number of hydrogen-bond acceptors (Lipinski definition) is 5. The van der Waals surface area contributed by atoms with Gasteiger partial charge in [-0.15, -0.1) is 0 Å². The fourth-order valence-electron chi connectivity index (χ4n) is 1.51. The number of hydrogen-bond donors (Lipinski definition) is 2. The smallest absolute Gasteiger partial charge is 0.271 e. The number of carbonyl (C=O) groups is 1. The van der Waals surface area contributed by atoms with E-state index in [2.05, 4.69) is 25.6 Å². The molecule has 0 radical (unpaired) electrons. The van der Waals surface area contributed by atoms with Crippen molar-refractivity contribution < 1.29 is 4.79 Å². The molecular weight excluding hydrogens is 242 g/mol. The Morgan fingerprint density at radius 3 is 2.95 bits per heavy atom. The van der Waals surface area contributed by atoms with Crippen LogP contribution in [0.5, 0.6) is 0 Å². The minimum Gasteiger partial charge on any atom is -0.369 e. The van der Waals surface area contributed by atoms with Gasteiger partial charge < -0.3 is 10.6 Å². The van der Waals surface area contributed by atoms with Gasteiger partial charge in [-0.25, -0.2) is 4.98 Å². The predicted molar refractivity (Wildman–Crippen MR) is 71.6 cm³/mol. The van der Waals surface area contributed by atoms with Gasteiger partial charge in [0.1, 0.15) is 11.5 Å². The van der Waals surface area contributed by atoms with Crippen LogP contribution in [0, 0.1) is 0 Å². The third-order valence-corrected chi connectivity index (χ3v) is 2.38. The number of carbonyl (C=O) groups excluding carboxylic acids is 1. The lowest BCUT2D eigenvalue weighted by Crippen LogP contribution is -2.24. The summed E-state index contributed by atoms with van der Waals surface area (Å²) < 4.78 is 0. The maximum atomic E-state index is 11.9. The summed E-state index contributed by atoms with van der Waals surface area (Å²) >= 11 is 0. The zero-order valence-corrected chi connectivity index (χ0v) is 10.6. The average Bonchev–Trinajstić information content (AvgIpc) is 2.46. The van der Waals surface area contributed by atoms with Gasteiger partial charge in [0.05, 0.1) is 24.6 Å². The van der Waals surface area contributed by atoms with E-state index >= 15 is 0 Å². The van der Waals surface area contributed by atoms with E-state index in [4.69, 9.17) is 0 Å².